The second kappa shape index (κ2) is 5.86. The van der Waals surface area contributed by atoms with Crippen molar-refractivity contribution in [1.29, 1.82) is 0 Å². The fourth-order valence-corrected chi connectivity index (χ4v) is 2.66. The van der Waals surface area contributed by atoms with E-state index in [9.17, 15) is 5.11 Å². The predicted octanol–water partition coefficient (Wildman–Crippen LogP) is 2.86. The van der Waals surface area contributed by atoms with Crippen molar-refractivity contribution in [2.75, 3.05) is 7.05 Å². The van der Waals surface area contributed by atoms with Crippen molar-refractivity contribution in [2.45, 2.75) is 65.1 Å². The normalized spacial score (nSPS) is 30.0. The van der Waals surface area contributed by atoms with Crippen molar-refractivity contribution in [1.82, 2.24) is 4.90 Å². The van der Waals surface area contributed by atoms with E-state index in [2.05, 4.69) is 32.7 Å². The molecule has 2 heteroatoms. The Bertz CT molecular complexity index is 183. The molecule has 0 spiro atoms. The summed E-state index contributed by atoms with van der Waals surface area (Å²) in [5.74, 6) is 1.62. The lowest BCUT2D eigenvalue weighted by molar-refractivity contribution is -0.0679. The van der Waals surface area contributed by atoms with Crippen LogP contribution in [0.5, 0.6) is 0 Å². The summed E-state index contributed by atoms with van der Waals surface area (Å²) < 4.78 is 0. The molecule has 0 heterocycles. The number of hydrogen-bond acceptors (Lipinski definition) is 2. The minimum absolute atomic E-state index is 0.230. The van der Waals surface area contributed by atoms with E-state index in [4.69, 9.17) is 0 Å². The quantitative estimate of drug-likeness (QED) is 0.686. The Balaban J connectivity index is 2.42. The highest BCUT2D eigenvalue weighted by atomic mass is 16.3. The van der Waals surface area contributed by atoms with Gasteiger partial charge in [-0.3, -0.25) is 4.90 Å². The molecule has 0 aromatic heterocycles. The molecule has 2 nitrogen and oxygen atoms in total. The summed E-state index contributed by atoms with van der Waals surface area (Å²) >= 11 is 0. The molecule has 0 aliphatic heterocycles. The summed E-state index contributed by atoms with van der Waals surface area (Å²) in [7, 11) is 2.08. The minimum Gasteiger partial charge on any atom is -0.378 e. The third kappa shape index (κ3) is 2.94. The van der Waals surface area contributed by atoms with Crippen molar-refractivity contribution >= 4 is 0 Å². The standard InChI is InChI=1S/C13H27NO/c1-5-7-13(15)14(4)12-9-8-11(12)10(3)6-2/h10-13,15H,5-9H2,1-4H3. The van der Waals surface area contributed by atoms with Crippen LogP contribution in [0.1, 0.15) is 52.9 Å². The molecule has 1 aliphatic rings. The van der Waals surface area contributed by atoms with E-state index in [-0.39, 0.29) is 6.23 Å². The Kier molecular flexibility index (Phi) is 5.07. The number of hydrogen-bond donors (Lipinski definition) is 1. The van der Waals surface area contributed by atoms with E-state index in [0.29, 0.717) is 6.04 Å². The maximum atomic E-state index is 9.95. The molecule has 0 radical (unpaired) electrons. The summed E-state index contributed by atoms with van der Waals surface area (Å²) in [6, 6.07) is 0.626. The van der Waals surface area contributed by atoms with Gasteiger partial charge in [-0.05, 0) is 38.1 Å². The molecule has 15 heavy (non-hydrogen) atoms. The number of nitrogens with zero attached hydrogens (tertiary/aromatic N) is 1. The Morgan fingerprint density at radius 3 is 2.40 bits per heavy atom. The smallest absolute Gasteiger partial charge is 0.107 e. The molecule has 0 aromatic carbocycles. The van der Waals surface area contributed by atoms with Crippen molar-refractivity contribution < 1.29 is 5.11 Å². The molecule has 1 aliphatic carbocycles. The molecule has 0 amide bonds. The van der Waals surface area contributed by atoms with Crippen molar-refractivity contribution in [3.8, 4) is 0 Å². The number of aliphatic hydroxyl groups is 1. The van der Waals surface area contributed by atoms with Gasteiger partial charge in [-0.15, -0.1) is 0 Å². The van der Waals surface area contributed by atoms with E-state index in [0.717, 1.165) is 24.7 Å². The van der Waals surface area contributed by atoms with Crippen LogP contribution in [0.2, 0.25) is 0 Å². The average Bonchev–Trinajstić information content (AvgIpc) is 2.16. The largest absolute Gasteiger partial charge is 0.378 e. The Morgan fingerprint density at radius 1 is 1.33 bits per heavy atom. The fourth-order valence-electron chi connectivity index (χ4n) is 2.66. The first kappa shape index (κ1) is 13.0. The summed E-state index contributed by atoms with van der Waals surface area (Å²) in [6.07, 6.45) is 5.62. The molecule has 0 aromatic rings. The van der Waals surface area contributed by atoms with Gasteiger partial charge in [0.05, 0.1) is 0 Å². The molecule has 1 fully saturated rings. The van der Waals surface area contributed by atoms with E-state index >= 15 is 0 Å². The van der Waals surface area contributed by atoms with Gasteiger partial charge in [-0.25, -0.2) is 0 Å². The maximum absolute atomic E-state index is 9.95. The topological polar surface area (TPSA) is 23.5 Å². The molecule has 0 bridgehead atoms. The first-order valence-electron chi connectivity index (χ1n) is 6.51. The van der Waals surface area contributed by atoms with Gasteiger partial charge in [-0.1, -0.05) is 33.6 Å². The highest BCUT2D eigenvalue weighted by Gasteiger charge is 2.38. The zero-order valence-corrected chi connectivity index (χ0v) is 10.7. The fraction of sp³-hybridized carbons (Fsp3) is 1.00. The molecule has 4 unspecified atom stereocenters. The van der Waals surface area contributed by atoms with Crippen LogP contribution in [-0.2, 0) is 0 Å². The monoisotopic (exact) mass is 213 g/mol. The average molecular weight is 213 g/mol. The summed E-state index contributed by atoms with van der Waals surface area (Å²) in [5.41, 5.74) is 0. The highest BCUT2D eigenvalue weighted by molar-refractivity contribution is 4.90. The number of aliphatic hydroxyl groups excluding tert-OH is 1. The molecular weight excluding hydrogens is 186 g/mol. The predicted molar refractivity (Wildman–Crippen MR) is 64.6 cm³/mol. The summed E-state index contributed by atoms with van der Waals surface area (Å²) in [6.45, 7) is 6.74. The molecule has 1 saturated carbocycles. The van der Waals surface area contributed by atoms with Crippen molar-refractivity contribution in [3.05, 3.63) is 0 Å². The zero-order chi connectivity index (χ0) is 11.4. The van der Waals surface area contributed by atoms with Crippen LogP contribution in [0.4, 0.5) is 0 Å². The Labute approximate surface area is 94.7 Å². The first-order valence-corrected chi connectivity index (χ1v) is 6.51. The lowest BCUT2D eigenvalue weighted by Gasteiger charge is -2.47. The van der Waals surface area contributed by atoms with Gasteiger partial charge in [0.1, 0.15) is 6.23 Å². The lowest BCUT2D eigenvalue weighted by Crippen LogP contribution is -2.51. The van der Waals surface area contributed by atoms with Gasteiger partial charge >= 0.3 is 0 Å². The van der Waals surface area contributed by atoms with E-state index in [1.165, 1.54) is 19.3 Å². The van der Waals surface area contributed by atoms with Gasteiger partial charge in [-0.2, -0.15) is 0 Å². The van der Waals surface area contributed by atoms with Crippen LogP contribution >= 0.6 is 0 Å². The third-order valence-electron chi connectivity index (χ3n) is 4.20. The first-order chi connectivity index (χ1) is 7.11. The third-order valence-corrected chi connectivity index (χ3v) is 4.20. The van der Waals surface area contributed by atoms with E-state index < -0.39 is 0 Å². The van der Waals surface area contributed by atoms with Crippen molar-refractivity contribution in [2.24, 2.45) is 11.8 Å². The summed E-state index contributed by atoms with van der Waals surface area (Å²) in [5, 5.41) is 9.95. The molecule has 4 atom stereocenters. The van der Waals surface area contributed by atoms with Crippen LogP contribution in [0.25, 0.3) is 0 Å². The van der Waals surface area contributed by atoms with Gasteiger partial charge < -0.3 is 5.11 Å². The molecule has 1 N–H and O–H groups in total. The number of rotatable bonds is 6. The van der Waals surface area contributed by atoms with Gasteiger partial charge in [0, 0.05) is 6.04 Å². The lowest BCUT2D eigenvalue weighted by atomic mass is 9.70. The molecule has 1 rings (SSSR count). The Hall–Kier alpha value is -0.0800. The van der Waals surface area contributed by atoms with Gasteiger partial charge in [0.15, 0.2) is 0 Å². The molecular formula is C13H27NO. The highest BCUT2D eigenvalue weighted by Crippen LogP contribution is 2.39. The summed E-state index contributed by atoms with van der Waals surface area (Å²) in [4.78, 5) is 2.20. The second-order valence-corrected chi connectivity index (χ2v) is 5.13. The molecule has 90 valence electrons. The maximum Gasteiger partial charge on any atom is 0.107 e. The van der Waals surface area contributed by atoms with Crippen LogP contribution < -0.4 is 0 Å². The van der Waals surface area contributed by atoms with Gasteiger partial charge in [0.2, 0.25) is 0 Å². The zero-order valence-electron chi connectivity index (χ0n) is 10.7. The molecule has 0 saturated heterocycles. The SMILES string of the molecule is CCCC(O)N(C)C1CCC1C(C)CC. The van der Waals surface area contributed by atoms with Crippen LogP contribution in [-0.4, -0.2) is 29.3 Å². The van der Waals surface area contributed by atoms with E-state index in [1.807, 2.05) is 0 Å². The van der Waals surface area contributed by atoms with E-state index in [1.54, 1.807) is 0 Å². The van der Waals surface area contributed by atoms with Gasteiger partial charge in [0.25, 0.3) is 0 Å². The minimum atomic E-state index is -0.230. The van der Waals surface area contributed by atoms with Crippen LogP contribution in [0.15, 0.2) is 0 Å². The van der Waals surface area contributed by atoms with Crippen LogP contribution in [0, 0.1) is 11.8 Å². The van der Waals surface area contributed by atoms with Crippen molar-refractivity contribution in [3.63, 3.8) is 0 Å². The van der Waals surface area contributed by atoms with Crippen LogP contribution in [0.3, 0.4) is 0 Å². The Morgan fingerprint density at radius 2 is 2.00 bits per heavy atom. The second-order valence-electron chi connectivity index (χ2n) is 5.13.